The van der Waals surface area contributed by atoms with Crippen molar-refractivity contribution in [2.24, 2.45) is 0 Å². The zero-order valence-electron chi connectivity index (χ0n) is 25.8. The lowest BCUT2D eigenvalue weighted by atomic mass is 9.87. The van der Waals surface area contributed by atoms with Crippen LogP contribution in [0.3, 0.4) is 0 Å². The highest BCUT2D eigenvalue weighted by molar-refractivity contribution is 7.90. The molecule has 1 amide bonds. The predicted octanol–water partition coefficient (Wildman–Crippen LogP) is 4.81. The number of hydrogen-bond acceptors (Lipinski definition) is 8. The number of hydrogen-bond donors (Lipinski definition) is 1. The highest BCUT2D eigenvalue weighted by Crippen LogP contribution is 2.41. The van der Waals surface area contributed by atoms with E-state index in [9.17, 15) is 22.4 Å². The molecule has 1 spiro atoms. The number of amides is 1. The molecule has 0 bridgehead atoms. The Morgan fingerprint density at radius 3 is 2.58 bits per heavy atom. The molecular formula is C30H37F2N5O7S. The lowest BCUT2D eigenvalue weighted by molar-refractivity contribution is -0.0486. The first-order chi connectivity index (χ1) is 21.1. The van der Waals surface area contributed by atoms with E-state index >= 15 is 4.39 Å². The maximum absolute atomic E-state index is 15.3. The van der Waals surface area contributed by atoms with Crippen LogP contribution >= 0.6 is 0 Å². The van der Waals surface area contributed by atoms with Crippen molar-refractivity contribution < 1.29 is 36.2 Å². The molecule has 12 nitrogen and oxygen atoms in total. The van der Waals surface area contributed by atoms with Gasteiger partial charge in [0.05, 0.1) is 41.2 Å². The van der Waals surface area contributed by atoms with Gasteiger partial charge in [0.2, 0.25) is 5.75 Å². The number of carbonyl (C=O) groups is 1. The minimum atomic E-state index is -4.08. The van der Waals surface area contributed by atoms with Crippen molar-refractivity contribution in [3.05, 3.63) is 58.6 Å². The van der Waals surface area contributed by atoms with Crippen LogP contribution in [-0.4, -0.2) is 77.8 Å². The number of rotatable bonds is 7. The fourth-order valence-corrected chi connectivity index (χ4v) is 6.35. The number of nitrogens with zero attached hydrogens (tertiary/aromatic N) is 4. The summed E-state index contributed by atoms with van der Waals surface area (Å²) in [5.74, 6) is -3.19. The SMILES string of the molecule is CCN(C)S(=O)(=O)Nc1ccc(F)c(Oc2ccc3ncn([C@H]4COC5(CCN(C(=O)OC(C)(C)C)CC5)C4)c(=O)c3c2)c1F. The van der Waals surface area contributed by atoms with Crippen LogP contribution in [0.1, 0.15) is 53.0 Å². The van der Waals surface area contributed by atoms with Gasteiger partial charge in [0.1, 0.15) is 11.4 Å². The molecule has 0 unspecified atom stereocenters. The van der Waals surface area contributed by atoms with Gasteiger partial charge in [-0.1, -0.05) is 6.92 Å². The Morgan fingerprint density at radius 2 is 1.91 bits per heavy atom. The lowest BCUT2D eigenvalue weighted by Crippen LogP contribution is -2.48. The Labute approximate surface area is 260 Å². The van der Waals surface area contributed by atoms with Crippen LogP contribution in [0.4, 0.5) is 19.3 Å². The van der Waals surface area contributed by atoms with Gasteiger partial charge < -0.3 is 19.1 Å². The first-order valence-corrected chi connectivity index (χ1v) is 16.1. The van der Waals surface area contributed by atoms with Gasteiger partial charge in [0.25, 0.3) is 5.56 Å². The number of aromatic nitrogens is 2. The fraction of sp³-hybridized carbons (Fsp3) is 0.500. The summed E-state index contributed by atoms with van der Waals surface area (Å²) in [6.07, 6.45) is 2.83. The molecule has 45 heavy (non-hydrogen) atoms. The summed E-state index contributed by atoms with van der Waals surface area (Å²) in [7, 11) is -2.77. The van der Waals surface area contributed by atoms with Gasteiger partial charge in [-0.15, -0.1) is 0 Å². The number of halogens is 2. The molecule has 0 aliphatic carbocycles. The Bertz CT molecular complexity index is 1770. The summed E-state index contributed by atoms with van der Waals surface area (Å²) in [5, 5.41) is 0.165. The number of likely N-dealkylation sites (tertiary alicyclic amines) is 1. The van der Waals surface area contributed by atoms with E-state index in [-0.39, 0.29) is 42.0 Å². The van der Waals surface area contributed by atoms with E-state index in [4.69, 9.17) is 14.2 Å². The molecule has 244 valence electrons. The van der Waals surface area contributed by atoms with Crippen molar-refractivity contribution in [1.29, 1.82) is 0 Å². The molecular weight excluding hydrogens is 612 g/mol. The largest absolute Gasteiger partial charge is 0.451 e. The standard InChI is InChI=1S/C30H37F2N5O7S/c1-6-35(5)45(40,41)34-24-10-8-22(31)26(25(24)32)43-20-7-9-23-21(15-20)27(38)37(18-33-23)19-16-30(42-17-19)11-13-36(14-12-30)28(39)44-29(2,3)4/h7-10,15,18-19,34H,6,11-14,16-17H2,1-5H3/t19-/m1/s1. The quantitative estimate of drug-likeness (QED) is 0.386. The van der Waals surface area contributed by atoms with Crippen molar-refractivity contribution in [3.63, 3.8) is 0 Å². The lowest BCUT2D eigenvalue weighted by Gasteiger charge is -2.39. The zero-order valence-corrected chi connectivity index (χ0v) is 26.6. The molecule has 3 aromatic rings. The summed E-state index contributed by atoms with van der Waals surface area (Å²) in [5.41, 5.74) is -1.60. The number of fused-ring (bicyclic) bond motifs is 1. The van der Waals surface area contributed by atoms with Crippen LogP contribution in [0, 0.1) is 11.6 Å². The second kappa shape index (κ2) is 12.2. The highest BCUT2D eigenvalue weighted by Gasteiger charge is 2.45. The van der Waals surface area contributed by atoms with E-state index in [1.165, 1.54) is 36.1 Å². The van der Waals surface area contributed by atoms with Crippen LogP contribution in [0.15, 0.2) is 41.5 Å². The Kier molecular flexibility index (Phi) is 8.81. The van der Waals surface area contributed by atoms with Crippen molar-refractivity contribution in [2.45, 2.75) is 64.2 Å². The summed E-state index contributed by atoms with van der Waals surface area (Å²) in [4.78, 5) is 32.2. The molecule has 2 saturated heterocycles. The number of benzene rings is 2. The zero-order chi connectivity index (χ0) is 32.7. The number of nitrogens with one attached hydrogen (secondary N) is 1. The maximum Gasteiger partial charge on any atom is 0.410 e. The van der Waals surface area contributed by atoms with Gasteiger partial charge in [-0.2, -0.15) is 12.7 Å². The van der Waals surface area contributed by atoms with E-state index in [2.05, 4.69) is 9.71 Å². The fourth-order valence-electron chi connectivity index (χ4n) is 5.42. The first-order valence-electron chi connectivity index (χ1n) is 14.6. The second-order valence-corrected chi connectivity index (χ2v) is 14.1. The van der Waals surface area contributed by atoms with Crippen molar-refractivity contribution >= 4 is 32.9 Å². The third kappa shape index (κ3) is 6.89. The number of anilines is 1. The monoisotopic (exact) mass is 649 g/mol. The van der Waals surface area contributed by atoms with Crippen molar-refractivity contribution in [2.75, 3.05) is 38.0 Å². The molecule has 2 aliphatic rings. The third-order valence-corrected chi connectivity index (χ3v) is 9.58. The average Bonchev–Trinajstić information content (AvgIpc) is 3.38. The van der Waals surface area contributed by atoms with Gasteiger partial charge in [0, 0.05) is 26.7 Å². The van der Waals surface area contributed by atoms with E-state index in [1.807, 2.05) is 20.8 Å². The summed E-state index contributed by atoms with van der Waals surface area (Å²) in [6, 6.07) is 5.77. The van der Waals surface area contributed by atoms with E-state index in [1.54, 1.807) is 11.8 Å². The minimum Gasteiger partial charge on any atom is -0.451 e. The van der Waals surface area contributed by atoms with Gasteiger partial charge in [-0.25, -0.2) is 18.6 Å². The van der Waals surface area contributed by atoms with Crippen LogP contribution in [0.5, 0.6) is 11.5 Å². The van der Waals surface area contributed by atoms with E-state index < -0.39 is 44.5 Å². The van der Waals surface area contributed by atoms with Crippen LogP contribution in [0.2, 0.25) is 0 Å². The van der Waals surface area contributed by atoms with Crippen LogP contribution in [0.25, 0.3) is 10.9 Å². The number of carbonyl (C=O) groups excluding carboxylic acids is 1. The average molecular weight is 650 g/mol. The normalized spacial score (nSPS) is 18.5. The Balaban J connectivity index is 1.34. The Morgan fingerprint density at radius 1 is 1.20 bits per heavy atom. The second-order valence-electron chi connectivity index (χ2n) is 12.3. The molecule has 3 heterocycles. The van der Waals surface area contributed by atoms with Gasteiger partial charge >= 0.3 is 16.3 Å². The molecule has 2 aromatic carbocycles. The first kappa shape index (κ1) is 32.6. The molecule has 1 atom stereocenters. The summed E-state index contributed by atoms with van der Waals surface area (Å²) in [6.45, 7) is 8.41. The molecule has 0 radical (unpaired) electrons. The molecule has 15 heteroatoms. The molecule has 5 rings (SSSR count). The highest BCUT2D eigenvalue weighted by atomic mass is 32.2. The summed E-state index contributed by atoms with van der Waals surface area (Å²) >= 11 is 0. The van der Waals surface area contributed by atoms with Gasteiger partial charge in [-0.3, -0.25) is 14.1 Å². The Hall–Kier alpha value is -3.82. The van der Waals surface area contributed by atoms with Crippen molar-refractivity contribution in [1.82, 2.24) is 18.8 Å². The molecule has 1 aromatic heterocycles. The topological polar surface area (TPSA) is 132 Å². The smallest absolute Gasteiger partial charge is 0.410 e. The minimum absolute atomic E-state index is 0.0451. The van der Waals surface area contributed by atoms with Crippen LogP contribution < -0.4 is 15.0 Å². The summed E-state index contributed by atoms with van der Waals surface area (Å²) < 4.78 is 76.5. The third-order valence-electron chi connectivity index (χ3n) is 8.03. The van der Waals surface area contributed by atoms with Gasteiger partial charge in [-0.05, 0) is 70.4 Å². The number of piperidine rings is 1. The molecule has 0 saturated carbocycles. The molecule has 1 N–H and O–H groups in total. The predicted molar refractivity (Wildman–Crippen MR) is 163 cm³/mol. The van der Waals surface area contributed by atoms with Crippen molar-refractivity contribution in [3.8, 4) is 11.5 Å². The maximum atomic E-state index is 15.3. The van der Waals surface area contributed by atoms with E-state index in [0.717, 1.165) is 16.4 Å². The van der Waals surface area contributed by atoms with E-state index in [0.29, 0.717) is 37.9 Å². The van der Waals surface area contributed by atoms with Gasteiger partial charge in [0.15, 0.2) is 11.6 Å². The molecule has 2 fully saturated rings. The molecule has 2 aliphatic heterocycles. The van der Waals surface area contributed by atoms with Crippen LogP contribution in [-0.2, 0) is 19.7 Å². The number of ether oxygens (including phenoxy) is 3.